The maximum absolute atomic E-state index is 13.8. The first-order chi connectivity index (χ1) is 9.63. The molecule has 1 atom stereocenters. The number of benzene rings is 2. The lowest BCUT2D eigenvalue weighted by Crippen LogP contribution is -2.07. The van der Waals surface area contributed by atoms with Crippen LogP contribution in [0.15, 0.2) is 36.4 Å². The largest absolute Gasteiger partial charge is 0.454 e. The third-order valence-corrected chi connectivity index (χ3v) is 3.43. The second-order valence-corrected chi connectivity index (χ2v) is 5.04. The molecule has 1 unspecified atom stereocenters. The van der Waals surface area contributed by atoms with Crippen LogP contribution < -0.4 is 14.8 Å². The molecule has 0 amide bonds. The highest BCUT2D eigenvalue weighted by atomic mass is 35.5. The molecule has 0 radical (unpaired) electrons. The van der Waals surface area contributed by atoms with Crippen LogP contribution in [0.3, 0.4) is 0 Å². The van der Waals surface area contributed by atoms with Gasteiger partial charge in [-0.1, -0.05) is 17.7 Å². The monoisotopic (exact) mass is 293 g/mol. The molecular weight excluding hydrogens is 281 g/mol. The number of hydrogen-bond donors (Lipinski definition) is 1. The Kier molecular flexibility index (Phi) is 3.40. The van der Waals surface area contributed by atoms with Gasteiger partial charge in [0.2, 0.25) is 6.79 Å². The minimum absolute atomic E-state index is 0.0693. The summed E-state index contributed by atoms with van der Waals surface area (Å²) in [5.74, 6) is 1.08. The smallest absolute Gasteiger partial charge is 0.231 e. The van der Waals surface area contributed by atoms with Crippen molar-refractivity contribution in [3.8, 4) is 11.5 Å². The third kappa shape index (κ3) is 2.51. The Labute approximate surface area is 121 Å². The molecule has 3 nitrogen and oxygen atoms in total. The second kappa shape index (κ2) is 5.21. The summed E-state index contributed by atoms with van der Waals surface area (Å²) < 4.78 is 24.4. The molecule has 5 heteroatoms. The number of hydrogen-bond acceptors (Lipinski definition) is 3. The van der Waals surface area contributed by atoms with Crippen molar-refractivity contribution in [1.29, 1.82) is 0 Å². The van der Waals surface area contributed by atoms with Gasteiger partial charge in [0.15, 0.2) is 11.5 Å². The third-order valence-electron chi connectivity index (χ3n) is 3.20. The summed E-state index contributed by atoms with van der Waals surface area (Å²) in [6.07, 6.45) is 0. The van der Waals surface area contributed by atoms with Crippen molar-refractivity contribution >= 4 is 17.3 Å². The molecule has 2 aromatic carbocycles. The fourth-order valence-corrected chi connectivity index (χ4v) is 2.26. The summed E-state index contributed by atoms with van der Waals surface area (Å²) in [7, 11) is 0. The Morgan fingerprint density at radius 2 is 1.95 bits per heavy atom. The highest BCUT2D eigenvalue weighted by Crippen LogP contribution is 2.35. The molecule has 0 fully saturated rings. The lowest BCUT2D eigenvalue weighted by atomic mass is 10.1. The van der Waals surface area contributed by atoms with Crippen LogP contribution in [-0.2, 0) is 0 Å². The van der Waals surface area contributed by atoms with Crippen LogP contribution in [0.1, 0.15) is 18.5 Å². The molecule has 3 rings (SSSR count). The van der Waals surface area contributed by atoms with E-state index in [1.165, 1.54) is 6.07 Å². The van der Waals surface area contributed by atoms with Crippen LogP contribution in [0.2, 0.25) is 5.02 Å². The van der Waals surface area contributed by atoms with E-state index in [0.717, 1.165) is 11.3 Å². The maximum atomic E-state index is 13.8. The lowest BCUT2D eigenvalue weighted by molar-refractivity contribution is 0.174. The van der Waals surface area contributed by atoms with Crippen molar-refractivity contribution in [2.75, 3.05) is 12.1 Å². The van der Waals surface area contributed by atoms with Gasteiger partial charge in [-0.05, 0) is 42.8 Å². The summed E-state index contributed by atoms with van der Waals surface area (Å²) >= 11 is 5.74. The summed E-state index contributed by atoms with van der Waals surface area (Å²) in [6, 6.07) is 10.2. The van der Waals surface area contributed by atoms with E-state index in [0.29, 0.717) is 16.5 Å². The number of fused-ring (bicyclic) bond motifs is 1. The number of ether oxygens (including phenoxy) is 2. The molecule has 1 aliphatic rings. The van der Waals surface area contributed by atoms with Gasteiger partial charge >= 0.3 is 0 Å². The summed E-state index contributed by atoms with van der Waals surface area (Å²) in [5, 5.41) is 3.49. The summed E-state index contributed by atoms with van der Waals surface area (Å²) in [5.41, 5.74) is 1.41. The standard InChI is InChI=1S/C15H13ClFNO2/c1-9(18-13-4-3-11(16)7-12(13)17)10-2-5-14-15(6-10)20-8-19-14/h2-7,9,18H,8H2,1H3. The Morgan fingerprint density at radius 1 is 1.15 bits per heavy atom. The Hall–Kier alpha value is -1.94. The Balaban J connectivity index is 1.80. The normalized spacial score (nSPS) is 14.2. The van der Waals surface area contributed by atoms with Crippen molar-refractivity contribution < 1.29 is 13.9 Å². The van der Waals surface area contributed by atoms with Gasteiger partial charge in [0.05, 0.1) is 5.69 Å². The van der Waals surface area contributed by atoms with E-state index in [1.807, 2.05) is 25.1 Å². The fraction of sp³-hybridized carbons (Fsp3) is 0.200. The molecule has 104 valence electrons. The number of nitrogens with one attached hydrogen (secondary N) is 1. The minimum atomic E-state index is -0.370. The zero-order valence-corrected chi connectivity index (χ0v) is 11.6. The Morgan fingerprint density at radius 3 is 2.75 bits per heavy atom. The van der Waals surface area contributed by atoms with Gasteiger partial charge < -0.3 is 14.8 Å². The zero-order valence-electron chi connectivity index (χ0n) is 10.8. The summed E-state index contributed by atoms with van der Waals surface area (Å²) in [6.45, 7) is 2.19. The molecule has 1 heterocycles. The van der Waals surface area contributed by atoms with E-state index in [1.54, 1.807) is 12.1 Å². The molecule has 20 heavy (non-hydrogen) atoms. The number of halogens is 2. The second-order valence-electron chi connectivity index (χ2n) is 4.60. The van der Waals surface area contributed by atoms with Crippen molar-refractivity contribution in [1.82, 2.24) is 0 Å². The van der Waals surface area contributed by atoms with Gasteiger partial charge in [-0.3, -0.25) is 0 Å². The molecule has 0 saturated heterocycles. The van der Waals surface area contributed by atoms with Crippen LogP contribution in [0.4, 0.5) is 10.1 Å². The van der Waals surface area contributed by atoms with Gasteiger partial charge in [-0.25, -0.2) is 4.39 Å². The zero-order chi connectivity index (χ0) is 14.1. The van der Waals surface area contributed by atoms with Gasteiger partial charge in [0, 0.05) is 11.1 Å². The quantitative estimate of drug-likeness (QED) is 0.911. The van der Waals surface area contributed by atoms with E-state index in [-0.39, 0.29) is 18.7 Å². The van der Waals surface area contributed by atoms with Crippen LogP contribution in [0.5, 0.6) is 11.5 Å². The van der Waals surface area contributed by atoms with Gasteiger partial charge in [-0.2, -0.15) is 0 Å². The van der Waals surface area contributed by atoms with Crippen molar-refractivity contribution in [2.24, 2.45) is 0 Å². The average molecular weight is 294 g/mol. The van der Waals surface area contributed by atoms with E-state index in [9.17, 15) is 4.39 Å². The van der Waals surface area contributed by atoms with Crippen LogP contribution >= 0.6 is 11.6 Å². The first kappa shape index (κ1) is 13.1. The minimum Gasteiger partial charge on any atom is -0.454 e. The topological polar surface area (TPSA) is 30.5 Å². The Bertz CT molecular complexity index is 648. The van der Waals surface area contributed by atoms with Crippen molar-refractivity contribution in [2.45, 2.75) is 13.0 Å². The lowest BCUT2D eigenvalue weighted by Gasteiger charge is -2.16. The molecular formula is C15H13ClFNO2. The molecule has 1 aliphatic heterocycles. The maximum Gasteiger partial charge on any atom is 0.231 e. The SMILES string of the molecule is CC(Nc1ccc(Cl)cc1F)c1ccc2c(c1)OCO2. The van der Waals surface area contributed by atoms with Crippen molar-refractivity contribution in [3.63, 3.8) is 0 Å². The molecule has 1 N–H and O–H groups in total. The highest BCUT2D eigenvalue weighted by molar-refractivity contribution is 6.30. The van der Waals surface area contributed by atoms with Gasteiger partial charge in [-0.15, -0.1) is 0 Å². The molecule has 0 spiro atoms. The van der Waals surface area contributed by atoms with E-state index in [4.69, 9.17) is 21.1 Å². The molecule has 0 saturated carbocycles. The predicted molar refractivity (Wildman–Crippen MR) is 76.0 cm³/mol. The number of anilines is 1. The fourth-order valence-electron chi connectivity index (χ4n) is 2.11. The number of rotatable bonds is 3. The van der Waals surface area contributed by atoms with E-state index in [2.05, 4.69) is 5.32 Å². The highest BCUT2D eigenvalue weighted by Gasteiger charge is 2.16. The molecule has 0 aliphatic carbocycles. The average Bonchev–Trinajstić information content (AvgIpc) is 2.89. The van der Waals surface area contributed by atoms with Gasteiger partial charge in [0.1, 0.15) is 5.82 Å². The van der Waals surface area contributed by atoms with E-state index < -0.39 is 0 Å². The summed E-state index contributed by atoms with van der Waals surface area (Å²) in [4.78, 5) is 0. The van der Waals surface area contributed by atoms with Crippen LogP contribution in [-0.4, -0.2) is 6.79 Å². The first-order valence-electron chi connectivity index (χ1n) is 6.24. The van der Waals surface area contributed by atoms with Crippen LogP contribution in [0, 0.1) is 5.82 Å². The molecule has 0 bridgehead atoms. The molecule has 0 aromatic heterocycles. The molecule has 2 aromatic rings. The predicted octanol–water partition coefficient (Wildman–Crippen LogP) is 4.38. The first-order valence-corrected chi connectivity index (χ1v) is 6.62. The van der Waals surface area contributed by atoms with Crippen LogP contribution in [0.25, 0.3) is 0 Å². The van der Waals surface area contributed by atoms with E-state index >= 15 is 0 Å². The van der Waals surface area contributed by atoms with Gasteiger partial charge in [0.25, 0.3) is 0 Å². The van der Waals surface area contributed by atoms with Crippen molar-refractivity contribution in [3.05, 3.63) is 52.8 Å².